The van der Waals surface area contributed by atoms with Gasteiger partial charge in [0.05, 0.1) is 12.2 Å². The summed E-state index contributed by atoms with van der Waals surface area (Å²) in [6.07, 6.45) is 0.733. The zero-order valence-electron chi connectivity index (χ0n) is 9.96. The Balaban J connectivity index is 3.81. The first-order chi connectivity index (χ1) is 6.96. The molecule has 0 aromatic rings. The van der Waals surface area contributed by atoms with E-state index in [4.69, 9.17) is 9.84 Å². The fourth-order valence-corrected chi connectivity index (χ4v) is 1.02. The second-order valence-electron chi connectivity index (χ2n) is 4.03. The normalized spacial score (nSPS) is 13.7. The van der Waals surface area contributed by atoms with E-state index >= 15 is 0 Å². The van der Waals surface area contributed by atoms with E-state index in [-0.39, 0.29) is 18.1 Å². The monoisotopic (exact) mass is 218 g/mol. The van der Waals surface area contributed by atoms with Crippen molar-refractivity contribution in [1.82, 2.24) is 10.6 Å². The van der Waals surface area contributed by atoms with Crippen LogP contribution in [0.3, 0.4) is 0 Å². The molecule has 0 aliphatic carbocycles. The van der Waals surface area contributed by atoms with Crippen molar-refractivity contribution >= 4 is 5.91 Å². The number of nitrogens with one attached hydrogen (secondary N) is 2. The van der Waals surface area contributed by atoms with Crippen molar-refractivity contribution in [2.24, 2.45) is 0 Å². The molecule has 0 bridgehead atoms. The number of carbonyl (C=O) groups is 1. The van der Waals surface area contributed by atoms with Gasteiger partial charge in [0.25, 0.3) is 0 Å². The Morgan fingerprint density at radius 1 is 1.53 bits per heavy atom. The van der Waals surface area contributed by atoms with Gasteiger partial charge in [-0.1, -0.05) is 0 Å². The Bertz CT molecular complexity index is 191. The summed E-state index contributed by atoms with van der Waals surface area (Å²) < 4.78 is 5.22. The highest BCUT2D eigenvalue weighted by molar-refractivity contribution is 5.81. The van der Waals surface area contributed by atoms with E-state index in [9.17, 15) is 4.79 Å². The highest BCUT2D eigenvalue weighted by Gasteiger charge is 2.18. The number of methoxy groups -OCH3 is 1. The Labute approximate surface area is 91.2 Å². The van der Waals surface area contributed by atoms with Gasteiger partial charge in [-0.2, -0.15) is 0 Å². The first-order valence-corrected chi connectivity index (χ1v) is 5.08. The minimum Gasteiger partial charge on any atom is -0.394 e. The van der Waals surface area contributed by atoms with Gasteiger partial charge in [0, 0.05) is 13.7 Å². The minimum atomic E-state index is -0.532. The van der Waals surface area contributed by atoms with E-state index in [1.807, 2.05) is 13.8 Å². The molecule has 0 aliphatic rings. The van der Waals surface area contributed by atoms with Crippen LogP contribution in [0.15, 0.2) is 0 Å². The van der Waals surface area contributed by atoms with Gasteiger partial charge in [-0.3, -0.25) is 4.79 Å². The lowest BCUT2D eigenvalue weighted by molar-refractivity contribution is -0.124. The van der Waals surface area contributed by atoms with Crippen LogP contribution in [-0.4, -0.2) is 50.0 Å². The van der Waals surface area contributed by atoms with Crippen LogP contribution in [0.2, 0.25) is 0 Å². The van der Waals surface area contributed by atoms with E-state index in [1.165, 1.54) is 0 Å². The highest BCUT2D eigenvalue weighted by atomic mass is 16.5. The number of rotatable bonds is 7. The molecule has 1 atom stereocenters. The first-order valence-electron chi connectivity index (χ1n) is 5.08. The van der Waals surface area contributed by atoms with Gasteiger partial charge in [-0.15, -0.1) is 0 Å². The number of carbonyl (C=O) groups excluding carboxylic acids is 1. The van der Waals surface area contributed by atoms with Crippen LogP contribution in [0, 0.1) is 0 Å². The fraction of sp³-hybridized carbons (Fsp3) is 0.900. The van der Waals surface area contributed by atoms with E-state index in [2.05, 4.69) is 10.6 Å². The first kappa shape index (κ1) is 14.3. The maximum atomic E-state index is 11.4. The maximum Gasteiger partial charge on any atom is 0.239 e. The summed E-state index contributed by atoms with van der Waals surface area (Å²) in [7, 11) is 3.28. The summed E-state index contributed by atoms with van der Waals surface area (Å²) in [5.74, 6) is -0.188. The molecule has 0 spiro atoms. The van der Waals surface area contributed by atoms with Crippen molar-refractivity contribution in [3.05, 3.63) is 0 Å². The number of ether oxygens (including phenoxy) is 1. The summed E-state index contributed by atoms with van der Waals surface area (Å²) >= 11 is 0. The van der Waals surface area contributed by atoms with E-state index < -0.39 is 6.04 Å². The molecule has 5 nitrogen and oxygen atoms in total. The summed E-state index contributed by atoms with van der Waals surface area (Å²) in [5.41, 5.74) is -0.234. The van der Waals surface area contributed by atoms with Crippen LogP contribution in [0.25, 0.3) is 0 Å². The largest absolute Gasteiger partial charge is 0.394 e. The number of aliphatic hydroxyl groups is 1. The number of amides is 1. The standard InChI is InChI=1S/C10H22N2O3/c1-10(2,15-4)5-6-12-9(14)8(7-13)11-3/h8,11,13H,5-7H2,1-4H3,(H,12,14). The van der Waals surface area contributed by atoms with Gasteiger partial charge in [-0.25, -0.2) is 0 Å². The molecule has 0 saturated heterocycles. The van der Waals surface area contributed by atoms with E-state index in [1.54, 1.807) is 14.2 Å². The predicted molar refractivity (Wildman–Crippen MR) is 58.6 cm³/mol. The second kappa shape index (κ2) is 6.76. The average molecular weight is 218 g/mol. The van der Waals surface area contributed by atoms with Crippen LogP contribution >= 0.6 is 0 Å². The number of likely N-dealkylation sites (N-methyl/N-ethyl adjacent to an activating group) is 1. The molecule has 0 heterocycles. The van der Waals surface area contributed by atoms with Gasteiger partial charge in [-0.05, 0) is 27.3 Å². The average Bonchev–Trinajstić information content (AvgIpc) is 2.19. The van der Waals surface area contributed by atoms with Crippen molar-refractivity contribution in [1.29, 1.82) is 0 Å². The van der Waals surface area contributed by atoms with Crippen molar-refractivity contribution in [2.75, 3.05) is 27.3 Å². The van der Waals surface area contributed by atoms with Crippen molar-refractivity contribution in [3.63, 3.8) is 0 Å². The molecule has 0 radical (unpaired) electrons. The summed E-state index contributed by atoms with van der Waals surface area (Å²) in [6.45, 7) is 4.26. The Kier molecular flexibility index (Phi) is 6.47. The van der Waals surface area contributed by atoms with Gasteiger partial charge in [0.2, 0.25) is 5.91 Å². The molecular weight excluding hydrogens is 196 g/mol. The van der Waals surface area contributed by atoms with E-state index in [0.29, 0.717) is 6.54 Å². The van der Waals surface area contributed by atoms with Gasteiger partial charge in [0.1, 0.15) is 6.04 Å². The molecule has 0 fully saturated rings. The third kappa shape index (κ3) is 5.71. The number of hydrogen-bond acceptors (Lipinski definition) is 4. The summed E-state index contributed by atoms with van der Waals surface area (Å²) in [4.78, 5) is 11.4. The third-order valence-corrected chi connectivity index (χ3v) is 2.43. The Hall–Kier alpha value is -0.650. The van der Waals surface area contributed by atoms with Crippen LogP contribution in [-0.2, 0) is 9.53 Å². The molecule has 5 heteroatoms. The second-order valence-corrected chi connectivity index (χ2v) is 4.03. The third-order valence-electron chi connectivity index (χ3n) is 2.43. The SMILES string of the molecule is CNC(CO)C(=O)NCCC(C)(C)OC. The summed E-state index contributed by atoms with van der Waals surface area (Å²) in [6, 6.07) is -0.532. The Morgan fingerprint density at radius 3 is 2.53 bits per heavy atom. The van der Waals surface area contributed by atoms with Gasteiger partial charge in [0.15, 0.2) is 0 Å². The van der Waals surface area contributed by atoms with Crippen molar-refractivity contribution < 1.29 is 14.6 Å². The lowest BCUT2D eigenvalue weighted by Crippen LogP contribution is -2.46. The van der Waals surface area contributed by atoms with Crippen LogP contribution < -0.4 is 10.6 Å². The minimum absolute atomic E-state index is 0.188. The molecule has 3 N–H and O–H groups in total. The van der Waals surface area contributed by atoms with Gasteiger partial charge >= 0.3 is 0 Å². The zero-order chi connectivity index (χ0) is 11.9. The quantitative estimate of drug-likeness (QED) is 0.538. The predicted octanol–water partition coefficient (Wildman–Crippen LogP) is -0.502. The molecule has 0 saturated carbocycles. The van der Waals surface area contributed by atoms with Gasteiger partial charge < -0.3 is 20.5 Å². The number of aliphatic hydroxyl groups excluding tert-OH is 1. The fourth-order valence-electron chi connectivity index (χ4n) is 1.02. The van der Waals surface area contributed by atoms with Crippen molar-refractivity contribution in [3.8, 4) is 0 Å². The summed E-state index contributed by atoms with van der Waals surface area (Å²) in [5, 5.41) is 14.3. The molecule has 90 valence electrons. The van der Waals surface area contributed by atoms with Crippen LogP contribution in [0.5, 0.6) is 0 Å². The lowest BCUT2D eigenvalue weighted by atomic mass is 10.1. The molecule has 1 amide bonds. The van der Waals surface area contributed by atoms with Crippen LogP contribution in [0.1, 0.15) is 20.3 Å². The topological polar surface area (TPSA) is 70.6 Å². The van der Waals surface area contributed by atoms with Crippen LogP contribution in [0.4, 0.5) is 0 Å². The molecule has 1 unspecified atom stereocenters. The molecule has 0 rings (SSSR count). The molecular formula is C10H22N2O3. The van der Waals surface area contributed by atoms with E-state index in [0.717, 1.165) is 6.42 Å². The lowest BCUT2D eigenvalue weighted by Gasteiger charge is -2.23. The molecule has 0 aromatic heterocycles. The Morgan fingerprint density at radius 2 is 2.13 bits per heavy atom. The zero-order valence-corrected chi connectivity index (χ0v) is 9.96. The maximum absolute atomic E-state index is 11.4. The number of hydrogen-bond donors (Lipinski definition) is 3. The highest BCUT2D eigenvalue weighted by Crippen LogP contribution is 2.11. The molecule has 15 heavy (non-hydrogen) atoms. The van der Waals surface area contributed by atoms with Crippen molar-refractivity contribution in [2.45, 2.75) is 31.9 Å². The molecule has 0 aromatic carbocycles. The smallest absolute Gasteiger partial charge is 0.239 e. The molecule has 0 aliphatic heterocycles.